The van der Waals surface area contributed by atoms with Crippen LogP contribution in [0.2, 0.25) is 0 Å². The molecule has 0 aromatic rings. The summed E-state index contributed by atoms with van der Waals surface area (Å²) in [4.78, 5) is 10.5. The molecule has 0 spiro atoms. The van der Waals surface area contributed by atoms with E-state index in [0.717, 1.165) is 0 Å². The third-order valence-electron chi connectivity index (χ3n) is 2.40. The molecule has 16 heavy (non-hydrogen) atoms. The molecular formula is C9H9F5O2. The van der Waals surface area contributed by atoms with Crippen molar-refractivity contribution in [2.75, 3.05) is 0 Å². The zero-order chi connectivity index (χ0) is 12.6. The van der Waals surface area contributed by atoms with Crippen LogP contribution in [0.25, 0.3) is 0 Å². The van der Waals surface area contributed by atoms with Crippen molar-refractivity contribution < 1.29 is 31.9 Å². The van der Waals surface area contributed by atoms with Crippen molar-refractivity contribution >= 4 is 5.97 Å². The maximum Gasteiger partial charge on any atom is 0.392 e. The Morgan fingerprint density at radius 3 is 2.44 bits per heavy atom. The van der Waals surface area contributed by atoms with Gasteiger partial charge in [0.15, 0.2) is 0 Å². The zero-order valence-electron chi connectivity index (χ0n) is 8.02. The van der Waals surface area contributed by atoms with Gasteiger partial charge in [-0.25, -0.2) is 13.6 Å². The minimum Gasteiger partial charge on any atom is -0.478 e. The average molecular weight is 244 g/mol. The molecular weight excluding hydrogens is 235 g/mol. The fourth-order valence-electron chi connectivity index (χ4n) is 1.54. The predicted octanol–water partition coefficient (Wildman–Crippen LogP) is 3.00. The Bertz CT molecular complexity index is 318. The quantitative estimate of drug-likeness (QED) is 0.720. The van der Waals surface area contributed by atoms with Gasteiger partial charge in [-0.1, -0.05) is 6.08 Å². The second-order valence-electron chi connectivity index (χ2n) is 3.74. The van der Waals surface area contributed by atoms with E-state index in [0.29, 0.717) is 6.08 Å². The van der Waals surface area contributed by atoms with E-state index in [4.69, 9.17) is 5.11 Å². The molecule has 0 aromatic carbocycles. The molecule has 0 saturated heterocycles. The monoisotopic (exact) mass is 244 g/mol. The maximum atomic E-state index is 12.9. The summed E-state index contributed by atoms with van der Waals surface area (Å²) >= 11 is 0. The first kappa shape index (κ1) is 12.9. The lowest BCUT2D eigenvalue weighted by molar-refractivity contribution is -0.192. The van der Waals surface area contributed by atoms with E-state index in [1.807, 2.05) is 0 Å². The number of carbonyl (C=O) groups is 1. The van der Waals surface area contributed by atoms with Gasteiger partial charge in [0.05, 0.1) is 5.92 Å². The molecule has 0 fully saturated rings. The molecule has 0 aromatic heterocycles. The molecule has 0 amide bonds. The first-order valence-corrected chi connectivity index (χ1v) is 4.49. The van der Waals surface area contributed by atoms with E-state index >= 15 is 0 Å². The molecule has 1 rings (SSSR count). The molecule has 0 radical (unpaired) electrons. The lowest BCUT2D eigenvalue weighted by Gasteiger charge is -2.22. The van der Waals surface area contributed by atoms with Crippen LogP contribution in [0.15, 0.2) is 11.6 Å². The number of alkyl halides is 5. The van der Waals surface area contributed by atoms with Crippen molar-refractivity contribution in [3.63, 3.8) is 0 Å². The molecule has 2 nitrogen and oxygen atoms in total. The molecule has 7 heteroatoms. The van der Waals surface area contributed by atoms with Crippen molar-refractivity contribution in [2.45, 2.75) is 31.4 Å². The van der Waals surface area contributed by atoms with E-state index < -0.39 is 48.8 Å². The molecule has 1 unspecified atom stereocenters. The molecule has 0 aliphatic heterocycles. The van der Waals surface area contributed by atoms with Gasteiger partial charge in [0.1, 0.15) is 0 Å². The van der Waals surface area contributed by atoms with Gasteiger partial charge in [-0.15, -0.1) is 0 Å². The van der Waals surface area contributed by atoms with E-state index in [9.17, 15) is 26.7 Å². The van der Waals surface area contributed by atoms with Crippen molar-refractivity contribution in [1.82, 2.24) is 0 Å². The fraction of sp³-hybridized carbons (Fsp3) is 0.667. The number of hydrogen-bond acceptors (Lipinski definition) is 1. The second-order valence-corrected chi connectivity index (χ2v) is 3.74. The van der Waals surface area contributed by atoms with Crippen LogP contribution < -0.4 is 0 Å². The number of carboxylic acid groups (broad SMARTS) is 1. The van der Waals surface area contributed by atoms with Crippen LogP contribution in [-0.4, -0.2) is 23.2 Å². The molecule has 1 aliphatic carbocycles. The van der Waals surface area contributed by atoms with Crippen molar-refractivity contribution in [2.24, 2.45) is 5.92 Å². The lowest BCUT2D eigenvalue weighted by atomic mass is 9.95. The standard InChI is InChI=1S/C9H9F5O2/c10-8(11)2-1-5(7(15)16)3-6(4-8)9(12,13)14/h1,6H,2-4H2,(H,15,16). The Morgan fingerprint density at radius 2 is 2.00 bits per heavy atom. The Morgan fingerprint density at radius 1 is 1.44 bits per heavy atom. The third-order valence-corrected chi connectivity index (χ3v) is 2.40. The molecule has 0 heterocycles. The number of rotatable bonds is 1. The molecule has 1 aliphatic rings. The smallest absolute Gasteiger partial charge is 0.392 e. The van der Waals surface area contributed by atoms with E-state index in [-0.39, 0.29) is 0 Å². The van der Waals surface area contributed by atoms with Gasteiger partial charge in [-0.05, 0) is 6.42 Å². The first-order chi connectivity index (χ1) is 7.12. The summed E-state index contributed by atoms with van der Waals surface area (Å²) in [5.74, 6) is -7.38. The summed E-state index contributed by atoms with van der Waals surface area (Å²) in [5, 5.41) is 8.54. The van der Waals surface area contributed by atoms with Gasteiger partial charge in [0.25, 0.3) is 5.92 Å². The van der Waals surface area contributed by atoms with E-state index in [1.165, 1.54) is 0 Å². The van der Waals surface area contributed by atoms with Crippen LogP contribution in [0.3, 0.4) is 0 Å². The summed E-state index contributed by atoms with van der Waals surface area (Å²) in [6.45, 7) is 0. The zero-order valence-corrected chi connectivity index (χ0v) is 8.02. The van der Waals surface area contributed by atoms with Crippen LogP contribution >= 0.6 is 0 Å². The second kappa shape index (κ2) is 4.03. The first-order valence-electron chi connectivity index (χ1n) is 4.49. The topological polar surface area (TPSA) is 37.3 Å². The summed E-state index contributed by atoms with van der Waals surface area (Å²) in [6.07, 6.45) is -7.34. The highest BCUT2D eigenvalue weighted by Gasteiger charge is 2.47. The van der Waals surface area contributed by atoms with Crippen molar-refractivity contribution in [1.29, 1.82) is 0 Å². The number of carboxylic acids is 1. The van der Waals surface area contributed by atoms with E-state index in [2.05, 4.69) is 0 Å². The fourth-order valence-corrected chi connectivity index (χ4v) is 1.54. The van der Waals surface area contributed by atoms with Crippen LogP contribution in [0.4, 0.5) is 22.0 Å². The molecule has 1 atom stereocenters. The molecule has 0 saturated carbocycles. The van der Waals surface area contributed by atoms with Crippen LogP contribution in [-0.2, 0) is 4.79 Å². The molecule has 0 bridgehead atoms. The van der Waals surface area contributed by atoms with Gasteiger partial charge >= 0.3 is 12.1 Å². The number of allylic oxidation sites excluding steroid dienone is 1. The van der Waals surface area contributed by atoms with Gasteiger partial charge in [0.2, 0.25) is 0 Å². The Balaban J connectivity index is 2.97. The minimum atomic E-state index is -4.80. The lowest BCUT2D eigenvalue weighted by Crippen LogP contribution is -2.29. The number of hydrogen-bond donors (Lipinski definition) is 1. The normalized spacial score (nSPS) is 25.8. The van der Waals surface area contributed by atoms with E-state index in [1.54, 1.807) is 0 Å². The molecule has 1 N–H and O–H groups in total. The highest BCUT2D eigenvalue weighted by atomic mass is 19.4. The summed E-state index contributed by atoms with van der Waals surface area (Å²) in [7, 11) is 0. The van der Waals surface area contributed by atoms with Crippen molar-refractivity contribution in [3.8, 4) is 0 Å². The highest BCUT2D eigenvalue weighted by molar-refractivity contribution is 5.86. The predicted molar refractivity (Wildman–Crippen MR) is 44.1 cm³/mol. The third kappa shape index (κ3) is 3.18. The Labute approximate surface area is 87.7 Å². The largest absolute Gasteiger partial charge is 0.478 e. The van der Waals surface area contributed by atoms with Gasteiger partial charge in [0, 0.05) is 18.4 Å². The maximum absolute atomic E-state index is 12.9. The van der Waals surface area contributed by atoms with Crippen LogP contribution in [0.5, 0.6) is 0 Å². The van der Waals surface area contributed by atoms with Gasteiger partial charge in [-0.2, -0.15) is 13.2 Å². The average Bonchev–Trinajstić information content (AvgIpc) is 2.22. The highest BCUT2D eigenvalue weighted by Crippen LogP contribution is 2.42. The Hall–Kier alpha value is -1.14. The Kier molecular flexibility index (Phi) is 3.25. The van der Waals surface area contributed by atoms with Crippen molar-refractivity contribution in [3.05, 3.63) is 11.6 Å². The number of halogens is 5. The van der Waals surface area contributed by atoms with Gasteiger partial charge in [-0.3, -0.25) is 0 Å². The molecule has 92 valence electrons. The van der Waals surface area contributed by atoms with Crippen LogP contribution in [0.1, 0.15) is 19.3 Å². The summed E-state index contributed by atoms with van der Waals surface area (Å²) in [5.41, 5.74) is -0.598. The van der Waals surface area contributed by atoms with Gasteiger partial charge < -0.3 is 5.11 Å². The summed E-state index contributed by atoms with van der Waals surface area (Å²) in [6, 6.07) is 0. The SMILES string of the molecule is O=C(O)C1=CCC(F)(F)CC(C(F)(F)F)C1. The van der Waals surface area contributed by atoms with Crippen LogP contribution in [0, 0.1) is 5.92 Å². The summed E-state index contributed by atoms with van der Waals surface area (Å²) < 4.78 is 62.9. The number of aliphatic carboxylic acids is 1. The minimum absolute atomic E-state index is 0.598.